The summed E-state index contributed by atoms with van der Waals surface area (Å²) in [6.07, 6.45) is 0.641. The molecule has 1 N–H and O–H groups in total. The fraction of sp³-hybridized carbons (Fsp3) is 0.529. The fourth-order valence-electron chi connectivity index (χ4n) is 3.68. The number of aliphatic carboxylic acids is 1. The first-order valence-electron chi connectivity index (χ1n) is 8.24. The lowest BCUT2D eigenvalue weighted by atomic mass is 9.89. The average molecular weight is 386 g/mol. The maximum absolute atomic E-state index is 12.7. The van der Waals surface area contributed by atoms with Crippen molar-refractivity contribution in [3.8, 4) is 0 Å². The standard InChI is InChI=1S/C17H20ClNO5S/c18-13-3-1-11(2-4-13)14-9-19(10-15(14)17(21)22)16(20)12-5-7-25(23,24)8-6-12/h1-4,12,14-15H,5-10H2,(H,21,22)/t14-,15+/m0/s1. The van der Waals surface area contributed by atoms with Crippen molar-refractivity contribution in [2.45, 2.75) is 18.8 Å². The molecule has 0 bridgehead atoms. The van der Waals surface area contributed by atoms with Gasteiger partial charge in [0.15, 0.2) is 0 Å². The van der Waals surface area contributed by atoms with Gasteiger partial charge in [0.25, 0.3) is 0 Å². The van der Waals surface area contributed by atoms with Crippen LogP contribution in [0.2, 0.25) is 5.02 Å². The Morgan fingerprint density at radius 2 is 1.68 bits per heavy atom. The number of halogens is 1. The second kappa shape index (κ2) is 6.96. The van der Waals surface area contributed by atoms with Gasteiger partial charge in [-0.05, 0) is 30.5 Å². The molecule has 136 valence electrons. The predicted molar refractivity (Wildman–Crippen MR) is 93.3 cm³/mol. The first-order valence-corrected chi connectivity index (χ1v) is 10.4. The van der Waals surface area contributed by atoms with E-state index in [0.29, 0.717) is 24.4 Å². The summed E-state index contributed by atoms with van der Waals surface area (Å²) in [6, 6.07) is 7.02. The van der Waals surface area contributed by atoms with Crippen LogP contribution in [-0.2, 0) is 19.4 Å². The second-order valence-corrected chi connectivity index (χ2v) is 9.51. The van der Waals surface area contributed by atoms with E-state index in [1.54, 1.807) is 29.2 Å². The number of benzene rings is 1. The molecule has 0 spiro atoms. The van der Waals surface area contributed by atoms with Crippen LogP contribution < -0.4 is 0 Å². The van der Waals surface area contributed by atoms with Crippen molar-refractivity contribution < 1.29 is 23.1 Å². The Kier molecular flexibility index (Phi) is 5.06. The number of hydrogen-bond acceptors (Lipinski definition) is 4. The molecular weight excluding hydrogens is 366 g/mol. The molecular formula is C17H20ClNO5S. The number of hydrogen-bond donors (Lipinski definition) is 1. The molecule has 0 unspecified atom stereocenters. The summed E-state index contributed by atoms with van der Waals surface area (Å²) in [4.78, 5) is 26.0. The monoisotopic (exact) mass is 385 g/mol. The fourth-order valence-corrected chi connectivity index (χ4v) is 5.29. The van der Waals surface area contributed by atoms with Crippen molar-refractivity contribution in [3.05, 3.63) is 34.9 Å². The summed E-state index contributed by atoms with van der Waals surface area (Å²) >= 11 is 5.89. The second-order valence-electron chi connectivity index (χ2n) is 6.77. The molecule has 1 aromatic rings. The van der Waals surface area contributed by atoms with Crippen molar-refractivity contribution >= 4 is 33.3 Å². The first kappa shape index (κ1) is 18.2. The molecule has 2 atom stereocenters. The maximum atomic E-state index is 12.7. The topological polar surface area (TPSA) is 91.8 Å². The number of nitrogens with zero attached hydrogens (tertiary/aromatic N) is 1. The third-order valence-electron chi connectivity index (χ3n) is 5.15. The van der Waals surface area contributed by atoms with Crippen LogP contribution >= 0.6 is 11.6 Å². The largest absolute Gasteiger partial charge is 0.481 e. The smallest absolute Gasteiger partial charge is 0.308 e. The quantitative estimate of drug-likeness (QED) is 0.856. The highest BCUT2D eigenvalue weighted by molar-refractivity contribution is 7.91. The minimum absolute atomic E-state index is 0.0280. The van der Waals surface area contributed by atoms with E-state index in [1.807, 2.05) is 0 Å². The molecule has 3 rings (SSSR count). The lowest BCUT2D eigenvalue weighted by molar-refractivity contribution is -0.142. The number of carbonyl (C=O) groups excluding carboxylic acids is 1. The van der Waals surface area contributed by atoms with Gasteiger partial charge in [-0.2, -0.15) is 0 Å². The lowest BCUT2D eigenvalue weighted by Crippen LogP contribution is -2.39. The van der Waals surface area contributed by atoms with Gasteiger partial charge in [-0.3, -0.25) is 9.59 Å². The van der Waals surface area contributed by atoms with Crippen LogP contribution in [0.4, 0.5) is 0 Å². The molecule has 2 aliphatic heterocycles. The van der Waals surface area contributed by atoms with Gasteiger partial charge in [0, 0.05) is 29.9 Å². The lowest BCUT2D eigenvalue weighted by Gasteiger charge is -2.26. The van der Waals surface area contributed by atoms with Crippen molar-refractivity contribution in [1.82, 2.24) is 4.90 Å². The SMILES string of the molecule is O=C(O)[C@@H]1CN(C(=O)C2CCS(=O)(=O)CC2)C[C@H]1c1ccc(Cl)cc1. The Hall–Kier alpha value is -1.60. The first-order chi connectivity index (χ1) is 11.8. The van der Waals surface area contributed by atoms with Crippen LogP contribution in [0.15, 0.2) is 24.3 Å². The zero-order valence-electron chi connectivity index (χ0n) is 13.6. The minimum Gasteiger partial charge on any atom is -0.481 e. The molecule has 2 saturated heterocycles. The summed E-state index contributed by atoms with van der Waals surface area (Å²) in [6.45, 7) is 0.491. The summed E-state index contributed by atoms with van der Waals surface area (Å²) in [5.41, 5.74) is 0.846. The third kappa shape index (κ3) is 3.98. The molecule has 2 fully saturated rings. The van der Waals surface area contributed by atoms with Gasteiger partial charge in [-0.15, -0.1) is 0 Å². The van der Waals surface area contributed by atoms with Crippen molar-refractivity contribution in [1.29, 1.82) is 0 Å². The highest BCUT2D eigenvalue weighted by Crippen LogP contribution is 2.35. The molecule has 0 saturated carbocycles. The average Bonchev–Trinajstić information content (AvgIpc) is 3.00. The molecule has 1 aromatic carbocycles. The van der Waals surface area contributed by atoms with Crippen LogP contribution in [0.25, 0.3) is 0 Å². The van der Waals surface area contributed by atoms with Crippen LogP contribution in [0.3, 0.4) is 0 Å². The van der Waals surface area contributed by atoms with Crippen molar-refractivity contribution in [2.24, 2.45) is 11.8 Å². The molecule has 0 aromatic heterocycles. The number of carbonyl (C=O) groups is 2. The van der Waals surface area contributed by atoms with Gasteiger partial charge >= 0.3 is 5.97 Å². The van der Waals surface area contributed by atoms with E-state index in [1.165, 1.54) is 0 Å². The molecule has 0 aliphatic carbocycles. The van der Waals surface area contributed by atoms with Crippen LogP contribution in [0.1, 0.15) is 24.3 Å². The summed E-state index contributed by atoms with van der Waals surface area (Å²) < 4.78 is 23.1. The molecule has 6 nitrogen and oxygen atoms in total. The molecule has 2 heterocycles. The number of carboxylic acid groups (broad SMARTS) is 1. The van der Waals surface area contributed by atoms with E-state index in [9.17, 15) is 23.1 Å². The number of sulfone groups is 1. The van der Waals surface area contributed by atoms with E-state index in [4.69, 9.17) is 11.6 Å². The van der Waals surface area contributed by atoms with Gasteiger partial charge < -0.3 is 10.0 Å². The Morgan fingerprint density at radius 1 is 1.08 bits per heavy atom. The Labute approximate surface area is 151 Å². The van der Waals surface area contributed by atoms with Gasteiger partial charge in [0.1, 0.15) is 9.84 Å². The third-order valence-corrected chi connectivity index (χ3v) is 7.12. The van der Waals surface area contributed by atoms with E-state index < -0.39 is 21.7 Å². The predicted octanol–water partition coefficient (Wildman–Crippen LogP) is 1.79. The van der Waals surface area contributed by atoms with E-state index >= 15 is 0 Å². The van der Waals surface area contributed by atoms with Crippen molar-refractivity contribution in [3.63, 3.8) is 0 Å². The minimum atomic E-state index is -3.03. The molecule has 1 amide bonds. The number of rotatable bonds is 3. The number of amides is 1. The molecule has 8 heteroatoms. The van der Waals surface area contributed by atoms with Crippen LogP contribution in [-0.4, -0.2) is 54.9 Å². The summed E-state index contributed by atoms with van der Waals surface area (Å²) in [5.74, 6) is -2.29. The van der Waals surface area contributed by atoms with Gasteiger partial charge in [-0.25, -0.2) is 8.42 Å². The summed E-state index contributed by atoms with van der Waals surface area (Å²) in [7, 11) is -3.03. The maximum Gasteiger partial charge on any atom is 0.308 e. The number of carboxylic acids is 1. The highest BCUT2D eigenvalue weighted by Gasteiger charge is 2.42. The Morgan fingerprint density at radius 3 is 2.24 bits per heavy atom. The molecule has 2 aliphatic rings. The van der Waals surface area contributed by atoms with Crippen LogP contribution in [0.5, 0.6) is 0 Å². The van der Waals surface area contributed by atoms with Crippen molar-refractivity contribution in [2.75, 3.05) is 24.6 Å². The zero-order chi connectivity index (χ0) is 18.2. The molecule has 25 heavy (non-hydrogen) atoms. The van der Waals surface area contributed by atoms with Crippen LogP contribution in [0, 0.1) is 11.8 Å². The van der Waals surface area contributed by atoms with Gasteiger partial charge in [-0.1, -0.05) is 23.7 Å². The van der Waals surface area contributed by atoms with Gasteiger partial charge in [0.2, 0.25) is 5.91 Å². The van der Waals surface area contributed by atoms with Gasteiger partial charge in [0.05, 0.1) is 17.4 Å². The molecule has 0 radical (unpaired) electrons. The zero-order valence-corrected chi connectivity index (χ0v) is 15.2. The summed E-state index contributed by atoms with van der Waals surface area (Å²) in [5, 5.41) is 10.1. The van der Waals surface area contributed by atoms with E-state index in [2.05, 4.69) is 0 Å². The normalized spacial score (nSPS) is 26.5. The van der Waals surface area contributed by atoms with E-state index in [-0.39, 0.29) is 35.8 Å². The highest BCUT2D eigenvalue weighted by atomic mass is 35.5. The Balaban J connectivity index is 1.74. The Bertz CT molecular complexity index is 763. The number of likely N-dealkylation sites (tertiary alicyclic amines) is 1. The van der Waals surface area contributed by atoms with E-state index in [0.717, 1.165) is 5.56 Å².